The van der Waals surface area contributed by atoms with E-state index in [0.29, 0.717) is 5.75 Å². The Morgan fingerprint density at radius 2 is 2.16 bits per heavy atom. The lowest BCUT2D eigenvalue weighted by Gasteiger charge is -2.14. The molecule has 0 saturated heterocycles. The zero-order chi connectivity index (χ0) is 14.1. The number of ether oxygens (including phenoxy) is 1. The van der Waals surface area contributed by atoms with Crippen LogP contribution in [0.3, 0.4) is 0 Å². The molecular weight excluding hydrogens is 268 g/mol. The lowest BCUT2D eigenvalue weighted by atomic mass is 10.1. The standard InChI is InChI=1S/C12H18N2O4S/c1-18-11-3-2-9(6-10(11)13)19(16,17)14-7-12(8-15)4-5-12/h2-3,6,14-15H,4-5,7-8,13H2,1H3. The molecule has 0 amide bonds. The van der Waals surface area contributed by atoms with Gasteiger partial charge in [-0.3, -0.25) is 0 Å². The van der Waals surface area contributed by atoms with Crippen molar-refractivity contribution in [2.75, 3.05) is 26.0 Å². The van der Waals surface area contributed by atoms with E-state index in [4.69, 9.17) is 15.6 Å². The highest BCUT2D eigenvalue weighted by Crippen LogP contribution is 2.44. The number of anilines is 1. The first-order valence-corrected chi connectivity index (χ1v) is 7.45. The van der Waals surface area contributed by atoms with Gasteiger partial charge in [-0.25, -0.2) is 13.1 Å². The fraction of sp³-hybridized carbons (Fsp3) is 0.500. The second kappa shape index (κ2) is 4.99. The van der Waals surface area contributed by atoms with Crippen LogP contribution >= 0.6 is 0 Å². The number of hydrogen-bond acceptors (Lipinski definition) is 5. The number of methoxy groups -OCH3 is 1. The molecule has 0 spiro atoms. The van der Waals surface area contributed by atoms with Crippen LogP contribution in [0.1, 0.15) is 12.8 Å². The average Bonchev–Trinajstić information content (AvgIpc) is 3.17. The van der Waals surface area contributed by atoms with E-state index in [2.05, 4.69) is 4.72 Å². The quantitative estimate of drug-likeness (QED) is 0.654. The maximum atomic E-state index is 12.1. The van der Waals surface area contributed by atoms with Gasteiger partial charge in [0.25, 0.3) is 0 Å². The molecule has 0 atom stereocenters. The fourth-order valence-electron chi connectivity index (χ4n) is 1.78. The summed E-state index contributed by atoms with van der Waals surface area (Å²) in [5.41, 5.74) is 5.69. The SMILES string of the molecule is COc1ccc(S(=O)(=O)NCC2(CO)CC2)cc1N. The van der Waals surface area contributed by atoms with Crippen molar-refractivity contribution < 1.29 is 18.3 Å². The molecule has 19 heavy (non-hydrogen) atoms. The third-order valence-electron chi connectivity index (χ3n) is 3.44. The van der Waals surface area contributed by atoms with E-state index in [0.717, 1.165) is 12.8 Å². The van der Waals surface area contributed by atoms with Gasteiger partial charge in [0.2, 0.25) is 10.0 Å². The van der Waals surface area contributed by atoms with Gasteiger partial charge >= 0.3 is 0 Å². The molecular formula is C12H18N2O4S. The molecule has 0 radical (unpaired) electrons. The molecule has 1 fully saturated rings. The smallest absolute Gasteiger partial charge is 0.240 e. The molecule has 0 heterocycles. The zero-order valence-corrected chi connectivity index (χ0v) is 11.5. The number of hydrogen-bond donors (Lipinski definition) is 3. The largest absolute Gasteiger partial charge is 0.495 e. The summed E-state index contributed by atoms with van der Waals surface area (Å²) in [6.45, 7) is 0.248. The molecule has 4 N–H and O–H groups in total. The number of benzene rings is 1. The first-order valence-electron chi connectivity index (χ1n) is 5.96. The van der Waals surface area contributed by atoms with Crippen molar-refractivity contribution in [3.63, 3.8) is 0 Å². The van der Waals surface area contributed by atoms with Gasteiger partial charge < -0.3 is 15.6 Å². The number of aliphatic hydroxyl groups is 1. The number of aliphatic hydroxyl groups excluding tert-OH is 1. The number of sulfonamides is 1. The second-order valence-corrected chi connectivity index (χ2v) is 6.65. The molecule has 1 aromatic rings. The lowest BCUT2D eigenvalue weighted by Crippen LogP contribution is -2.31. The second-order valence-electron chi connectivity index (χ2n) is 4.89. The highest BCUT2D eigenvalue weighted by atomic mass is 32.2. The third-order valence-corrected chi connectivity index (χ3v) is 4.84. The van der Waals surface area contributed by atoms with Crippen LogP contribution < -0.4 is 15.2 Å². The van der Waals surface area contributed by atoms with Crippen molar-refractivity contribution in [1.82, 2.24) is 4.72 Å². The van der Waals surface area contributed by atoms with Gasteiger partial charge in [-0.15, -0.1) is 0 Å². The van der Waals surface area contributed by atoms with Gasteiger partial charge in [0.15, 0.2) is 0 Å². The minimum absolute atomic E-state index is 0.000269. The van der Waals surface area contributed by atoms with Crippen molar-refractivity contribution in [1.29, 1.82) is 0 Å². The van der Waals surface area contributed by atoms with Gasteiger partial charge in [-0.05, 0) is 31.0 Å². The molecule has 0 unspecified atom stereocenters. The summed E-state index contributed by atoms with van der Waals surface area (Å²) in [5.74, 6) is 0.438. The van der Waals surface area contributed by atoms with Crippen LogP contribution in [0.25, 0.3) is 0 Å². The molecule has 106 valence electrons. The Morgan fingerprint density at radius 1 is 1.47 bits per heavy atom. The van der Waals surface area contributed by atoms with Gasteiger partial charge in [0.1, 0.15) is 5.75 Å². The van der Waals surface area contributed by atoms with E-state index in [9.17, 15) is 8.42 Å². The summed E-state index contributed by atoms with van der Waals surface area (Å²) < 4.78 is 31.7. The van der Waals surface area contributed by atoms with Crippen LogP contribution in [0.15, 0.2) is 23.1 Å². The molecule has 6 nitrogen and oxygen atoms in total. The van der Waals surface area contributed by atoms with Crippen molar-refractivity contribution in [2.24, 2.45) is 5.41 Å². The Kier molecular flexibility index (Phi) is 3.71. The maximum Gasteiger partial charge on any atom is 0.240 e. The summed E-state index contributed by atoms with van der Waals surface area (Å²) in [6, 6.07) is 4.32. The molecule has 0 aliphatic heterocycles. The Hall–Kier alpha value is -1.31. The highest BCUT2D eigenvalue weighted by molar-refractivity contribution is 7.89. The number of nitrogen functional groups attached to an aromatic ring is 1. The number of nitrogens with one attached hydrogen (secondary N) is 1. The van der Waals surface area contributed by atoms with Crippen LogP contribution in [0, 0.1) is 5.41 Å². The van der Waals surface area contributed by atoms with Crippen molar-refractivity contribution in [2.45, 2.75) is 17.7 Å². The number of rotatable bonds is 6. The summed E-state index contributed by atoms with van der Waals surface area (Å²) in [4.78, 5) is 0.0968. The van der Waals surface area contributed by atoms with Crippen LogP contribution in [0.2, 0.25) is 0 Å². The highest BCUT2D eigenvalue weighted by Gasteiger charge is 2.42. The monoisotopic (exact) mass is 286 g/mol. The van der Waals surface area contributed by atoms with Crippen molar-refractivity contribution in [3.05, 3.63) is 18.2 Å². The minimum atomic E-state index is -3.61. The summed E-state index contributed by atoms with van der Waals surface area (Å²) in [5, 5.41) is 9.17. The van der Waals surface area contributed by atoms with Gasteiger partial charge in [-0.2, -0.15) is 0 Å². The molecule has 2 rings (SSSR count). The van der Waals surface area contributed by atoms with E-state index in [1.54, 1.807) is 0 Å². The van der Waals surface area contributed by atoms with Gasteiger partial charge in [0, 0.05) is 18.6 Å². The van der Waals surface area contributed by atoms with E-state index >= 15 is 0 Å². The molecule has 1 aliphatic rings. The topological polar surface area (TPSA) is 102 Å². The summed E-state index contributed by atoms with van der Waals surface area (Å²) >= 11 is 0. The van der Waals surface area contributed by atoms with E-state index < -0.39 is 10.0 Å². The van der Waals surface area contributed by atoms with Crippen LogP contribution in [0.4, 0.5) is 5.69 Å². The predicted octanol–water partition coefficient (Wildman–Crippen LogP) is 0.328. The van der Waals surface area contributed by atoms with E-state index in [1.165, 1.54) is 25.3 Å². The van der Waals surface area contributed by atoms with E-state index in [-0.39, 0.29) is 29.1 Å². The Morgan fingerprint density at radius 3 is 2.63 bits per heavy atom. The third kappa shape index (κ3) is 2.99. The molecule has 0 aromatic heterocycles. The first-order chi connectivity index (χ1) is 8.92. The van der Waals surface area contributed by atoms with Gasteiger partial charge in [0.05, 0.1) is 17.7 Å². The number of nitrogens with two attached hydrogens (primary N) is 1. The Balaban J connectivity index is 2.13. The molecule has 1 aliphatic carbocycles. The van der Waals surface area contributed by atoms with Crippen LogP contribution in [-0.2, 0) is 10.0 Å². The first kappa shape index (κ1) is 14.1. The van der Waals surface area contributed by atoms with Gasteiger partial charge in [-0.1, -0.05) is 0 Å². The fourth-order valence-corrected chi connectivity index (χ4v) is 2.97. The van der Waals surface area contributed by atoms with Crippen LogP contribution in [-0.4, -0.2) is 33.8 Å². The van der Waals surface area contributed by atoms with Crippen molar-refractivity contribution in [3.8, 4) is 5.75 Å². The lowest BCUT2D eigenvalue weighted by molar-refractivity contribution is 0.213. The Bertz CT molecular complexity index is 567. The normalized spacial score (nSPS) is 17.2. The summed E-state index contributed by atoms with van der Waals surface area (Å²) in [6.07, 6.45) is 1.69. The zero-order valence-electron chi connectivity index (χ0n) is 10.7. The Labute approximate surface area is 112 Å². The maximum absolute atomic E-state index is 12.1. The molecule has 0 bridgehead atoms. The molecule has 7 heteroatoms. The van der Waals surface area contributed by atoms with Crippen molar-refractivity contribution >= 4 is 15.7 Å². The predicted molar refractivity (Wildman–Crippen MR) is 71.3 cm³/mol. The molecule has 1 aromatic carbocycles. The van der Waals surface area contributed by atoms with Crippen LogP contribution in [0.5, 0.6) is 5.75 Å². The summed E-state index contributed by atoms with van der Waals surface area (Å²) in [7, 11) is -2.14. The van der Waals surface area contributed by atoms with E-state index in [1.807, 2.05) is 0 Å². The average molecular weight is 286 g/mol. The molecule has 1 saturated carbocycles. The minimum Gasteiger partial charge on any atom is -0.495 e.